The van der Waals surface area contributed by atoms with E-state index >= 15 is 0 Å². The topological polar surface area (TPSA) is 32.3 Å². The first-order chi connectivity index (χ1) is 13.3. The molecule has 0 radical (unpaired) electrons. The fourth-order valence-corrected chi connectivity index (χ4v) is 5.22. The molecule has 2 aromatic rings. The summed E-state index contributed by atoms with van der Waals surface area (Å²) in [7, 11) is 0. The maximum absolute atomic E-state index is 13.5. The van der Waals surface area contributed by atoms with Crippen molar-refractivity contribution in [1.82, 2.24) is 4.90 Å². The molecule has 1 N–H and O–H groups in total. The van der Waals surface area contributed by atoms with Gasteiger partial charge in [0.15, 0.2) is 0 Å². The zero-order valence-corrected chi connectivity index (χ0v) is 17.6. The third-order valence-corrected chi connectivity index (χ3v) is 6.42. The van der Waals surface area contributed by atoms with Crippen LogP contribution in [0.2, 0.25) is 0 Å². The largest absolute Gasteiger partial charge is 0.379 e. The van der Waals surface area contributed by atoms with Crippen molar-refractivity contribution in [3.63, 3.8) is 0 Å². The number of piperidine rings is 1. The van der Waals surface area contributed by atoms with Gasteiger partial charge in [-0.1, -0.05) is 43.3 Å². The molecule has 3 nitrogen and oxygen atoms in total. The van der Waals surface area contributed by atoms with Crippen LogP contribution in [0.5, 0.6) is 0 Å². The number of nitrogens with zero attached hydrogens (tertiary/aromatic N) is 1. The average molecular weight is 377 g/mol. The number of hydrogen-bond donors (Lipinski definition) is 1. The summed E-state index contributed by atoms with van der Waals surface area (Å²) in [5.41, 5.74) is 5.36. The van der Waals surface area contributed by atoms with E-state index < -0.39 is 0 Å². The van der Waals surface area contributed by atoms with Crippen LogP contribution < -0.4 is 5.32 Å². The highest BCUT2D eigenvalue weighted by Crippen LogP contribution is 2.49. The number of carbonyl (C=O) groups excluding carboxylic acids is 1. The molecule has 148 valence electrons. The van der Waals surface area contributed by atoms with E-state index in [1.807, 2.05) is 4.90 Å². The number of benzene rings is 2. The van der Waals surface area contributed by atoms with E-state index in [1.165, 1.54) is 17.5 Å². The second kappa shape index (κ2) is 6.95. The van der Waals surface area contributed by atoms with Crippen molar-refractivity contribution in [2.75, 3.05) is 18.4 Å². The summed E-state index contributed by atoms with van der Waals surface area (Å²) in [5.74, 6) is 0.181. The second-order valence-corrected chi connectivity index (χ2v) is 9.47. The zero-order valence-electron chi connectivity index (χ0n) is 17.6. The van der Waals surface area contributed by atoms with Gasteiger partial charge in [-0.2, -0.15) is 0 Å². The summed E-state index contributed by atoms with van der Waals surface area (Å²) >= 11 is 0. The normalized spacial score (nSPS) is 23.6. The minimum atomic E-state index is -0.131. The quantitative estimate of drug-likeness (QED) is 0.748. The number of aryl methyl sites for hydroxylation is 1. The monoisotopic (exact) mass is 376 g/mol. The van der Waals surface area contributed by atoms with Gasteiger partial charge in [-0.05, 0) is 69.2 Å². The van der Waals surface area contributed by atoms with E-state index in [-0.39, 0.29) is 16.9 Å². The Labute approximate surface area is 169 Å². The number of amides is 1. The van der Waals surface area contributed by atoms with E-state index in [0.717, 1.165) is 49.2 Å². The van der Waals surface area contributed by atoms with Crippen molar-refractivity contribution in [2.45, 2.75) is 64.3 Å². The molecule has 2 heterocycles. The molecule has 0 spiro atoms. The number of likely N-dealkylation sites (tertiary alicyclic amines) is 1. The van der Waals surface area contributed by atoms with E-state index in [1.54, 1.807) is 0 Å². The fourth-order valence-electron chi connectivity index (χ4n) is 5.22. The summed E-state index contributed by atoms with van der Waals surface area (Å²) < 4.78 is 0. The van der Waals surface area contributed by atoms with Crippen molar-refractivity contribution in [3.05, 3.63) is 64.7 Å². The van der Waals surface area contributed by atoms with E-state index in [2.05, 4.69) is 75.5 Å². The molecule has 0 saturated carbocycles. The highest BCUT2D eigenvalue weighted by Gasteiger charge is 2.43. The van der Waals surface area contributed by atoms with Gasteiger partial charge in [0.2, 0.25) is 0 Å². The molecule has 28 heavy (non-hydrogen) atoms. The highest BCUT2D eigenvalue weighted by molar-refractivity contribution is 6.01. The Hall–Kier alpha value is -2.29. The first-order valence-electron chi connectivity index (χ1n) is 10.6. The molecule has 1 fully saturated rings. The predicted octanol–water partition coefficient (Wildman–Crippen LogP) is 5.52. The molecule has 2 aromatic carbocycles. The lowest BCUT2D eigenvalue weighted by Crippen LogP contribution is -2.46. The van der Waals surface area contributed by atoms with Gasteiger partial charge in [0.25, 0.3) is 5.91 Å². The molecular formula is C25H32N2O. The van der Waals surface area contributed by atoms with Crippen molar-refractivity contribution in [3.8, 4) is 0 Å². The summed E-state index contributed by atoms with van der Waals surface area (Å²) in [6.45, 7) is 10.7. The molecule has 1 unspecified atom stereocenters. The van der Waals surface area contributed by atoms with Gasteiger partial charge in [-0.3, -0.25) is 4.79 Å². The molecule has 2 aliphatic heterocycles. The number of anilines is 1. The Morgan fingerprint density at radius 2 is 1.68 bits per heavy atom. The van der Waals surface area contributed by atoms with Gasteiger partial charge in [-0.25, -0.2) is 0 Å². The van der Waals surface area contributed by atoms with E-state index in [4.69, 9.17) is 0 Å². The second-order valence-electron chi connectivity index (χ2n) is 9.47. The molecule has 3 heteroatoms. The van der Waals surface area contributed by atoms with Crippen LogP contribution in [0, 0.1) is 6.92 Å². The summed E-state index contributed by atoms with van der Waals surface area (Å²) in [6.07, 6.45) is 4.44. The van der Waals surface area contributed by atoms with E-state index in [9.17, 15) is 4.79 Å². The maximum Gasteiger partial charge on any atom is 0.255 e. The van der Waals surface area contributed by atoms with Crippen molar-refractivity contribution >= 4 is 11.6 Å². The van der Waals surface area contributed by atoms with Gasteiger partial charge in [-0.15, -0.1) is 0 Å². The van der Waals surface area contributed by atoms with Crippen LogP contribution >= 0.6 is 0 Å². The first kappa shape index (κ1) is 19.0. The first-order valence-corrected chi connectivity index (χ1v) is 10.6. The van der Waals surface area contributed by atoms with Crippen LogP contribution in [0.15, 0.2) is 42.5 Å². The van der Waals surface area contributed by atoms with E-state index in [0.29, 0.717) is 0 Å². The molecule has 1 saturated heterocycles. The number of rotatable bonds is 2. The predicted molar refractivity (Wildman–Crippen MR) is 116 cm³/mol. The van der Waals surface area contributed by atoms with Crippen LogP contribution in [-0.2, 0) is 5.41 Å². The van der Waals surface area contributed by atoms with Crippen LogP contribution in [0.1, 0.15) is 73.5 Å². The summed E-state index contributed by atoms with van der Waals surface area (Å²) in [6, 6.07) is 15.1. The molecule has 4 rings (SSSR count). The molecular weight excluding hydrogens is 344 g/mol. The molecule has 0 bridgehead atoms. The average Bonchev–Trinajstić information content (AvgIpc) is 2.68. The van der Waals surface area contributed by atoms with Crippen LogP contribution in [0.4, 0.5) is 5.69 Å². The lowest BCUT2D eigenvalue weighted by Gasteiger charge is -2.47. The van der Waals surface area contributed by atoms with Crippen LogP contribution in [0.25, 0.3) is 0 Å². The minimum Gasteiger partial charge on any atom is -0.379 e. The minimum absolute atomic E-state index is 0.0935. The van der Waals surface area contributed by atoms with Crippen molar-refractivity contribution in [2.24, 2.45) is 0 Å². The zero-order chi connectivity index (χ0) is 19.9. The molecule has 0 aromatic heterocycles. The van der Waals surface area contributed by atoms with Crippen LogP contribution in [0.3, 0.4) is 0 Å². The van der Waals surface area contributed by atoms with Crippen molar-refractivity contribution in [1.29, 1.82) is 0 Å². The lowest BCUT2D eigenvalue weighted by atomic mass is 9.65. The summed E-state index contributed by atoms with van der Waals surface area (Å²) in [4.78, 5) is 15.5. The van der Waals surface area contributed by atoms with Gasteiger partial charge < -0.3 is 10.2 Å². The maximum atomic E-state index is 13.5. The molecule has 2 aliphatic rings. The van der Waals surface area contributed by atoms with Gasteiger partial charge in [0, 0.05) is 24.0 Å². The third kappa shape index (κ3) is 3.32. The van der Waals surface area contributed by atoms with Crippen molar-refractivity contribution < 1.29 is 4.79 Å². The smallest absolute Gasteiger partial charge is 0.255 e. The number of nitrogens with one attached hydrogen (secondary N) is 1. The Bertz CT molecular complexity index is 881. The fraction of sp³-hybridized carbons (Fsp3) is 0.480. The molecule has 1 atom stereocenters. The summed E-state index contributed by atoms with van der Waals surface area (Å²) in [5, 5.41) is 3.73. The number of hydrogen-bond acceptors (Lipinski definition) is 2. The van der Waals surface area contributed by atoms with Crippen LogP contribution in [-0.4, -0.2) is 29.4 Å². The Kier molecular flexibility index (Phi) is 4.73. The highest BCUT2D eigenvalue weighted by atomic mass is 16.2. The SMILES string of the molecule is Cc1cc(C(=O)N2CCCCC2)c2c(c1)C(C)(c1ccccc1)CC(C)(C)N2. The van der Waals surface area contributed by atoms with Gasteiger partial charge in [0.1, 0.15) is 0 Å². The Morgan fingerprint density at radius 3 is 2.36 bits per heavy atom. The Balaban J connectivity index is 1.88. The molecule has 0 aliphatic carbocycles. The lowest BCUT2D eigenvalue weighted by molar-refractivity contribution is 0.0724. The third-order valence-electron chi connectivity index (χ3n) is 6.42. The Morgan fingerprint density at radius 1 is 1.00 bits per heavy atom. The number of carbonyl (C=O) groups is 1. The van der Waals surface area contributed by atoms with Gasteiger partial charge in [0.05, 0.1) is 11.3 Å². The standard InChI is InChI=1S/C25H32N2O/c1-18-15-20(23(28)27-13-9-6-10-14-27)22-21(16-18)25(4,17-24(2,3)26-22)19-11-7-5-8-12-19/h5,7-8,11-12,15-16,26H,6,9-10,13-14,17H2,1-4H3. The number of fused-ring (bicyclic) bond motifs is 1. The molecule has 1 amide bonds. The van der Waals surface area contributed by atoms with Gasteiger partial charge >= 0.3 is 0 Å².